The Balaban J connectivity index is 1.56. The highest BCUT2D eigenvalue weighted by atomic mass is 35.5. The molecule has 0 bridgehead atoms. The summed E-state index contributed by atoms with van der Waals surface area (Å²) in [7, 11) is 0. The summed E-state index contributed by atoms with van der Waals surface area (Å²) in [6.07, 6.45) is -5.50. The molecule has 0 spiro atoms. The molecule has 3 aromatic rings. The number of hydrogen-bond acceptors (Lipinski definition) is 3. The molecule has 222 valence electrons. The Morgan fingerprint density at radius 3 is 2.07 bits per heavy atom. The number of hydrogen-bond donors (Lipinski definition) is 3. The second kappa shape index (κ2) is 11.4. The van der Waals surface area contributed by atoms with Crippen LogP contribution in [0.1, 0.15) is 21.8 Å². The number of amides is 3. The predicted octanol–water partition coefficient (Wildman–Crippen LogP) is 7.83. The summed E-state index contributed by atoms with van der Waals surface area (Å²) in [5.41, 5.74) is -3.65. The van der Waals surface area contributed by atoms with E-state index < -0.39 is 86.0 Å². The van der Waals surface area contributed by atoms with E-state index in [1.807, 2.05) is 0 Å². The van der Waals surface area contributed by atoms with E-state index in [1.54, 1.807) is 5.32 Å². The van der Waals surface area contributed by atoms with Crippen molar-refractivity contribution >= 4 is 81.2 Å². The van der Waals surface area contributed by atoms with Gasteiger partial charge in [0.05, 0.1) is 27.2 Å². The van der Waals surface area contributed by atoms with Gasteiger partial charge in [0.25, 0.3) is 5.91 Å². The fraction of sp³-hybridized carbons (Fsp3) is 0.160. The van der Waals surface area contributed by atoms with E-state index in [4.69, 9.17) is 46.4 Å². The molecule has 42 heavy (non-hydrogen) atoms. The van der Waals surface area contributed by atoms with Crippen molar-refractivity contribution in [2.75, 3.05) is 16.0 Å². The SMILES string of the molecule is O=C(Nc1ccc(F)c(NC(=O)C(F)(F)F)c1F)c1cc(NC(=O)C2[C@H](c3ccc(Cl)c(Cl)c3)C2(Cl)Cl)cc(F)c1F. The van der Waals surface area contributed by atoms with E-state index in [0.717, 1.165) is 5.32 Å². The first kappa shape index (κ1) is 31.7. The van der Waals surface area contributed by atoms with E-state index in [1.165, 1.54) is 18.2 Å². The van der Waals surface area contributed by atoms with Gasteiger partial charge in [0.1, 0.15) is 15.8 Å². The maximum absolute atomic E-state index is 14.7. The molecule has 6 nitrogen and oxygen atoms in total. The largest absolute Gasteiger partial charge is 0.471 e. The van der Waals surface area contributed by atoms with Gasteiger partial charge in [-0.25, -0.2) is 17.6 Å². The van der Waals surface area contributed by atoms with Crippen molar-refractivity contribution in [2.24, 2.45) is 5.92 Å². The molecule has 0 radical (unpaired) electrons. The summed E-state index contributed by atoms with van der Waals surface area (Å²) in [6, 6.07) is 6.57. The van der Waals surface area contributed by atoms with Crippen LogP contribution in [-0.4, -0.2) is 28.2 Å². The van der Waals surface area contributed by atoms with Crippen LogP contribution >= 0.6 is 46.4 Å². The molecule has 1 aliphatic rings. The Kier molecular flexibility index (Phi) is 8.62. The summed E-state index contributed by atoms with van der Waals surface area (Å²) in [4.78, 5) is 36.7. The van der Waals surface area contributed by atoms with Gasteiger partial charge in [-0.05, 0) is 35.9 Å². The lowest BCUT2D eigenvalue weighted by atomic mass is 10.1. The zero-order chi connectivity index (χ0) is 31.3. The molecule has 3 aromatic carbocycles. The van der Waals surface area contributed by atoms with Crippen molar-refractivity contribution in [3.63, 3.8) is 0 Å². The van der Waals surface area contributed by atoms with Crippen LogP contribution in [0, 0.1) is 29.2 Å². The Hall–Kier alpha value is -3.26. The number of benzene rings is 3. The highest BCUT2D eigenvalue weighted by molar-refractivity contribution is 6.53. The van der Waals surface area contributed by atoms with E-state index in [0.29, 0.717) is 29.8 Å². The van der Waals surface area contributed by atoms with Crippen LogP contribution in [-0.2, 0) is 9.59 Å². The molecule has 4 rings (SSSR count). The minimum Gasteiger partial charge on any atom is -0.326 e. The lowest BCUT2D eigenvalue weighted by molar-refractivity contribution is -0.167. The van der Waals surface area contributed by atoms with Gasteiger partial charge in [0.15, 0.2) is 17.5 Å². The Morgan fingerprint density at radius 2 is 1.45 bits per heavy atom. The standard InChI is InChI=1S/C25H12Cl4F7N3O3/c26-11-2-1-8(5-12(11)27)16-17(24(16,28)29)22(41)37-9-6-10(18(32)14(31)7-9)21(40)38-15-4-3-13(30)20(19(15)33)39-23(42)25(34,35)36/h1-7,16-17H,(H,37,41)(H,38,40)(H,39,42)/t16-,17?/m0/s1. The molecule has 1 fully saturated rings. The van der Waals surface area contributed by atoms with Gasteiger partial charge < -0.3 is 16.0 Å². The molecule has 3 N–H and O–H groups in total. The predicted molar refractivity (Wildman–Crippen MR) is 141 cm³/mol. The van der Waals surface area contributed by atoms with Crippen LogP contribution in [0.25, 0.3) is 0 Å². The van der Waals surface area contributed by atoms with Gasteiger partial charge in [0.2, 0.25) is 5.91 Å². The van der Waals surface area contributed by atoms with Crippen LogP contribution in [0.5, 0.6) is 0 Å². The van der Waals surface area contributed by atoms with Crippen LogP contribution in [0.3, 0.4) is 0 Å². The lowest BCUT2D eigenvalue weighted by Gasteiger charge is -2.14. The van der Waals surface area contributed by atoms with Gasteiger partial charge in [-0.3, -0.25) is 14.4 Å². The third kappa shape index (κ3) is 6.24. The van der Waals surface area contributed by atoms with Crippen molar-refractivity contribution in [1.29, 1.82) is 0 Å². The van der Waals surface area contributed by atoms with Crippen molar-refractivity contribution in [1.82, 2.24) is 0 Å². The Bertz CT molecular complexity index is 1640. The van der Waals surface area contributed by atoms with E-state index in [-0.39, 0.29) is 10.0 Å². The molecule has 0 saturated heterocycles. The second-order valence-electron chi connectivity index (χ2n) is 8.80. The molecule has 1 aliphatic carbocycles. The van der Waals surface area contributed by atoms with E-state index in [2.05, 4.69) is 5.32 Å². The van der Waals surface area contributed by atoms with Gasteiger partial charge in [-0.2, -0.15) is 13.2 Å². The van der Waals surface area contributed by atoms with Crippen molar-refractivity contribution in [3.05, 3.63) is 86.9 Å². The van der Waals surface area contributed by atoms with E-state index >= 15 is 0 Å². The second-order valence-corrected chi connectivity index (χ2v) is 11.1. The number of halogens is 11. The number of carbonyl (C=O) groups is 3. The first-order valence-corrected chi connectivity index (χ1v) is 12.7. The summed E-state index contributed by atoms with van der Waals surface area (Å²) >= 11 is 24.4. The summed E-state index contributed by atoms with van der Waals surface area (Å²) < 4.78 is 93.4. The molecule has 0 aromatic heterocycles. The van der Waals surface area contributed by atoms with Gasteiger partial charge >= 0.3 is 12.1 Å². The van der Waals surface area contributed by atoms with Crippen LogP contribution in [0.15, 0.2) is 42.5 Å². The summed E-state index contributed by atoms with van der Waals surface area (Å²) in [6.45, 7) is 0. The minimum atomic E-state index is -5.50. The zero-order valence-electron chi connectivity index (χ0n) is 20.1. The molecule has 1 saturated carbocycles. The monoisotopic (exact) mass is 675 g/mol. The molecule has 3 amide bonds. The van der Waals surface area contributed by atoms with Crippen molar-refractivity contribution in [2.45, 2.75) is 16.4 Å². The third-order valence-corrected chi connectivity index (χ3v) is 7.69. The average molecular weight is 677 g/mol. The first-order chi connectivity index (χ1) is 19.4. The minimum absolute atomic E-state index is 0.160. The van der Waals surface area contributed by atoms with Gasteiger partial charge in [-0.1, -0.05) is 29.3 Å². The highest BCUT2D eigenvalue weighted by Gasteiger charge is 2.67. The maximum Gasteiger partial charge on any atom is 0.471 e. The molecule has 0 heterocycles. The van der Waals surface area contributed by atoms with Crippen LogP contribution < -0.4 is 16.0 Å². The van der Waals surface area contributed by atoms with Gasteiger partial charge in [0, 0.05) is 17.7 Å². The van der Waals surface area contributed by atoms with Crippen LogP contribution in [0.4, 0.5) is 47.8 Å². The molecular formula is C25H12Cl4F7N3O3. The lowest BCUT2D eigenvalue weighted by Crippen LogP contribution is -2.31. The maximum atomic E-state index is 14.7. The first-order valence-electron chi connectivity index (χ1n) is 11.2. The Labute approximate surface area is 251 Å². The number of anilines is 3. The third-order valence-electron chi connectivity index (χ3n) is 6.01. The normalized spacial score (nSPS) is 17.4. The fourth-order valence-electron chi connectivity index (χ4n) is 3.96. The smallest absolute Gasteiger partial charge is 0.326 e. The molecule has 0 aliphatic heterocycles. The number of alkyl halides is 5. The topological polar surface area (TPSA) is 87.3 Å². The molecule has 1 unspecified atom stereocenters. The quantitative estimate of drug-likeness (QED) is 0.184. The van der Waals surface area contributed by atoms with Gasteiger partial charge in [-0.15, -0.1) is 23.2 Å². The summed E-state index contributed by atoms with van der Waals surface area (Å²) in [5.74, 6) is -13.9. The van der Waals surface area contributed by atoms with Crippen molar-refractivity contribution in [3.8, 4) is 0 Å². The number of carbonyl (C=O) groups excluding carboxylic acids is 3. The fourth-order valence-corrected chi connectivity index (χ4v) is 5.09. The van der Waals surface area contributed by atoms with E-state index in [9.17, 15) is 45.1 Å². The number of rotatable bonds is 6. The zero-order valence-corrected chi connectivity index (χ0v) is 23.1. The molecule has 17 heteroatoms. The Morgan fingerprint density at radius 1 is 0.786 bits per heavy atom. The summed E-state index contributed by atoms with van der Waals surface area (Å²) in [5, 5.41) is 5.36. The average Bonchev–Trinajstić information content (AvgIpc) is 3.48. The molecule has 2 atom stereocenters. The number of nitrogens with one attached hydrogen (secondary N) is 3. The van der Waals surface area contributed by atoms with Crippen molar-refractivity contribution < 1.29 is 45.1 Å². The van der Waals surface area contributed by atoms with Crippen LogP contribution in [0.2, 0.25) is 10.0 Å². The molecular weight excluding hydrogens is 665 g/mol. The highest BCUT2D eigenvalue weighted by Crippen LogP contribution is 2.65.